The molecule has 0 unspecified atom stereocenters. The Morgan fingerprint density at radius 2 is 1.83 bits per heavy atom. The number of para-hydroxylation sites is 1. The van der Waals surface area contributed by atoms with Gasteiger partial charge >= 0.3 is 6.03 Å². The van der Waals surface area contributed by atoms with Crippen molar-refractivity contribution in [3.8, 4) is 0 Å². The SMILES string of the molecule is Cn1cc(C(=O)NNC(=O)CCCNC(=O)NC2CCCCC2)c2ccccc21. The minimum absolute atomic E-state index is 0.179. The molecule has 156 valence electrons. The van der Waals surface area contributed by atoms with Gasteiger partial charge in [0.2, 0.25) is 5.91 Å². The number of nitrogens with zero attached hydrogens (tertiary/aromatic N) is 1. The summed E-state index contributed by atoms with van der Waals surface area (Å²) in [6.45, 7) is 0.406. The Morgan fingerprint density at radius 1 is 1.07 bits per heavy atom. The van der Waals surface area contributed by atoms with E-state index in [1.165, 1.54) is 6.42 Å². The van der Waals surface area contributed by atoms with Crippen molar-refractivity contribution in [2.45, 2.75) is 51.0 Å². The van der Waals surface area contributed by atoms with Gasteiger partial charge in [0.1, 0.15) is 0 Å². The molecule has 1 fully saturated rings. The first-order valence-electron chi connectivity index (χ1n) is 10.2. The lowest BCUT2D eigenvalue weighted by Crippen LogP contribution is -2.44. The van der Waals surface area contributed by atoms with Crippen molar-refractivity contribution in [1.82, 2.24) is 26.1 Å². The number of nitrogens with one attached hydrogen (secondary N) is 4. The Balaban J connectivity index is 1.34. The van der Waals surface area contributed by atoms with E-state index >= 15 is 0 Å². The largest absolute Gasteiger partial charge is 0.350 e. The third-order valence-electron chi connectivity index (χ3n) is 5.26. The van der Waals surface area contributed by atoms with Crippen LogP contribution in [0.1, 0.15) is 55.3 Å². The van der Waals surface area contributed by atoms with E-state index in [1.807, 2.05) is 35.9 Å². The van der Waals surface area contributed by atoms with E-state index in [2.05, 4.69) is 21.5 Å². The van der Waals surface area contributed by atoms with E-state index in [0.717, 1.165) is 36.6 Å². The highest BCUT2D eigenvalue weighted by molar-refractivity contribution is 6.07. The number of aromatic nitrogens is 1. The number of urea groups is 1. The molecular formula is C21H29N5O3. The zero-order valence-corrected chi connectivity index (χ0v) is 16.8. The zero-order valence-electron chi connectivity index (χ0n) is 16.8. The van der Waals surface area contributed by atoms with Crippen LogP contribution in [-0.4, -0.2) is 35.0 Å². The fourth-order valence-electron chi connectivity index (χ4n) is 3.71. The van der Waals surface area contributed by atoms with E-state index in [0.29, 0.717) is 18.5 Å². The molecule has 2 aromatic rings. The number of amides is 4. The van der Waals surface area contributed by atoms with Crippen LogP contribution >= 0.6 is 0 Å². The Kier molecular flexibility index (Phi) is 7.10. The van der Waals surface area contributed by atoms with Crippen molar-refractivity contribution in [2.24, 2.45) is 7.05 Å². The molecule has 1 aliphatic rings. The summed E-state index contributed by atoms with van der Waals surface area (Å²) in [4.78, 5) is 36.2. The fourth-order valence-corrected chi connectivity index (χ4v) is 3.71. The van der Waals surface area contributed by atoms with Crippen LogP contribution in [-0.2, 0) is 11.8 Å². The average molecular weight is 399 g/mol. The highest BCUT2D eigenvalue weighted by Crippen LogP contribution is 2.20. The monoisotopic (exact) mass is 399 g/mol. The fraction of sp³-hybridized carbons (Fsp3) is 0.476. The molecule has 29 heavy (non-hydrogen) atoms. The lowest BCUT2D eigenvalue weighted by atomic mass is 9.96. The number of rotatable bonds is 6. The molecule has 1 saturated carbocycles. The number of hydrazine groups is 1. The van der Waals surface area contributed by atoms with Crippen LogP contribution in [0.2, 0.25) is 0 Å². The van der Waals surface area contributed by atoms with E-state index in [4.69, 9.17) is 0 Å². The summed E-state index contributed by atoms with van der Waals surface area (Å²) in [6, 6.07) is 7.67. The molecule has 4 N–H and O–H groups in total. The van der Waals surface area contributed by atoms with Crippen LogP contribution < -0.4 is 21.5 Å². The predicted octanol–water partition coefficient (Wildman–Crippen LogP) is 2.35. The molecule has 1 aromatic heterocycles. The van der Waals surface area contributed by atoms with E-state index < -0.39 is 0 Å². The maximum Gasteiger partial charge on any atom is 0.315 e. The lowest BCUT2D eigenvalue weighted by molar-refractivity contribution is -0.121. The molecular weight excluding hydrogens is 370 g/mol. The summed E-state index contributed by atoms with van der Waals surface area (Å²) < 4.78 is 1.87. The normalized spacial score (nSPS) is 14.4. The maximum atomic E-state index is 12.4. The molecule has 0 spiro atoms. The van der Waals surface area contributed by atoms with Gasteiger partial charge in [0.05, 0.1) is 5.56 Å². The van der Waals surface area contributed by atoms with Gasteiger partial charge in [-0.2, -0.15) is 0 Å². The number of hydrogen-bond acceptors (Lipinski definition) is 3. The molecule has 0 atom stereocenters. The van der Waals surface area contributed by atoms with Crippen LogP contribution in [0.25, 0.3) is 10.9 Å². The van der Waals surface area contributed by atoms with Crippen LogP contribution in [0.4, 0.5) is 4.79 Å². The molecule has 4 amide bonds. The van der Waals surface area contributed by atoms with Gasteiger partial charge in [-0.1, -0.05) is 37.5 Å². The summed E-state index contributed by atoms with van der Waals surface area (Å²) in [6.07, 6.45) is 8.07. The Bertz CT molecular complexity index is 870. The first-order chi connectivity index (χ1) is 14.0. The van der Waals surface area contributed by atoms with Crippen LogP contribution in [0.3, 0.4) is 0 Å². The smallest absolute Gasteiger partial charge is 0.315 e. The number of benzene rings is 1. The molecule has 0 radical (unpaired) electrons. The number of carbonyl (C=O) groups excluding carboxylic acids is 3. The summed E-state index contributed by atoms with van der Waals surface area (Å²) in [7, 11) is 1.87. The molecule has 1 heterocycles. The molecule has 0 aliphatic heterocycles. The van der Waals surface area contributed by atoms with E-state index in [9.17, 15) is 14.4 Å². The van der Waals surface area contributed by atoms with Gasteiger partial charge < -0.3 is 15.2 Å². The van der Waals surface area contributed by atoms with Crippen molar-refractivity contribution in [3.63, 3.8) is 0 Å². The van der Waals surface area contributed by atoms with E-state index in [1.54, 1.807) is 6.20 Å². The van der Waals surface area contributed by atoms with Gasteiger partial charge in [0.15, 0.2) is 0 Å². The Labute approximate surface area is 170 Å². The van der Waals surface area contributed by atoms with Gasteiger partial charge in [0, 0.05) is 43.2 Å². The lowest BCUT2D eigenvalue weighted by Gasteiger charge is -2.22. The Hall–Kier alpha value is -3.03. The molecule has 0 bridgehead atoms. The van der Waals surface area contributed by atoms with Gasteiger partial charge in [-0.3, -0.25) is 20.4 Å². The summed E-state index contributed by atoms with van der Waals surface area (Å²) >= 11 is 0. The number of carbonyl (C=O) groups is 3. The second-order valence-corrected chi connectivity index (χ2v) is 7.51. The van der Waals surface area contributed by atoms with Crippen molar-refractivity contribution in [2.75, 3.05) is 6.54 Å². The van der Waals surface area contributed by atoms with Gasteiger partial charge in [-0.05, 0) is 25.3 Å². The van der Waals surface area contributed by atoms with Crippen molar-refractivity contribution in [3.05, 3.63) is 36.0 Å². The van der Waals surface area contributed by atoms with Gasteiger partial charge in [-0.15, -0.1) is 0 Å². The van der Waals surface area contributed by atoms with Crippen molar-refractivity contribution >= 4 is 28.7 Å². The van der Waals surface area contributed by atoms with Gasteiger partial charge in [-0.25, -0.2) is 4.79 Å². The van der Waals surface area contributed by atoms with Gasteiger partial charge in [0.25, 0.3) is 5.91 Å². The minimum Gasteiger partial charge on any atom is -0.350 e. The highest BCUT2D eigenvalue weighted by atomic mass is 16.2. The standard InChI is InChI=1S/C21H29N5O3/c1-26-14-17(16-10-5-6-11-18(16)26)20(28)25-24-19(27)12-7-13-22-21(29)23-15-8-3-2-4-9-15/h5-6,10-11,14-15H,2-4,7-9,12-13H2,1H3,(H,24,27)(H,25,28)(H2,22,23,29). The van der Waals surface area contributed by atoms with Crippen molar-refractivity contribution < 1.29 is 14.4 Å². The summed E-state index contributed by atoms with van der Waals surface area (Å²) in [5, 5.41) is 6.58. The number of aryl methyl sites for hydroxylation is 1. The van der Waals surface area contributed by atoms with E-state index in [-0.39, 0.29) is 30.3 Å². The molecule has 8 nitrogen and oxygen atoms in total. The first kappa shape index (κ1) is 20.7. The highest BCUT2D eigenvalue weighted by Gasteiger charge is 2.16. The van der Waals surface area contributed by atoms with Crippen LogP contribution in [0.5, 0.6) is 0 Å². The summed E-state index contributed by atoms with van der Waals surface area (Å²) in [5.41, 5.74) is 6.34. The minimum atomic E-state index is -0.361. The van der Waals surface area contributed by atoms with Crippen LogP contribution in [0, 0.1) is 0 Å². The topological polar surface area (TPSA) is 104 Å². The molecule has 1 aliphatic carbocycles. The molecule has 1 aromatic carbocycles. The van der Waals surface area contributed by atoms with Crippen molar-refractivity contribution in [1.29, 1.82) is 0 Å². The van der Waals surface area contributed by atoms with Crippen LogP contribution in [0.15, 0.2) is 30.5 Å². The quantitative estimate of drug-likeness (QED) is 0.443. The number of fused-ring (bicyclic) bond motifs is 1. The molecule has 3 rings (SSSR count). The third kappa shape index (κ3) is 5.73. The molecule has 0 saturated heterocycles. The zero-order chi connectivity index (χ0) is 20.6. The summed E-state index contributed by atoms with van der Waals surface area (Å²) in [5.74, 6) is -0.659. The number of hydrogen-bond donors (Lipinski definition) is 4. The predicted molar refractivity (Wildman–Crippen MR) is 111 cm³/mol. The second kappa shape index (κ2) is 9.95. The molecule has 8 heteroatoms. The first-order valence-corrected chi connectivity index (χ1v) is 10.2. The Morgan fingerprint density at radius 3 is 2.62 bits per heavy atom. The maximum absolute atomic E-state index is 12.4. The second-order valence-electron chi connectivity index (χ2n) is 7.51. The average Bonchev–Trinajstić information content (AvgIpc) is 3.07. The third-order valence-corrected chi connectivity index (χ3v) is 5.26.